The van der Waals surface area contributed by atoms with Crippen molar-refractivity contribution in [3.63, 3.8) is 0 Å². The molecule has 1 aromatic rings. The number of likely N-dealkylation sites (N-methyl/N-ethyl adjacent to an activating group) is 1. The summed E-state index contributed by atoms with van der Waals surface area (Å²) >= 11 is 0. The summed E-state index contributed by atoms with van der Waals surface area (Å²) in [5.41, 5.74) is 0.200. The molecule has 0 saturated carbocycles. The standard InChI is InChI=1S/C17H27N3O4S/c1-6-20(7-2)16(21)12-18-17(22)14-9-8-10-15(11-14)25(23,24)19(5)13(3)4/h8-11,13H,6-7,12H2,1-5H3,(H,18,22). The van der Waals surface area contributed by atoms with Gasteiger partial charge < -0.3 is 10.2 Å². The summed E-state index contributed by atoms with van der Waals surface area (Å²) in [7, 11) is -2.17. The van der Waals surface area contributed by atoms with Crippen LogP contribution in [-0.2, 0) is 14.8 Å². The summed E-state index contributed by atoms with van der Waals surface area (Å²) in [4.78, 5) is 25.8. The van der Waals surface area contributed by atoms with Crippen LogP contribution in [0.2, 0.25) is 0 Å². The molecule has 140 valence electrons. The molecular formula is C17H27N3O4S. The van der Waals surface area contributed by atoms with Gasteiger partial charge in [0.2, 0.25) is 15.9 Å². The summed E-state index contributed by atoms with van der Waals surface area (Å²) in [6, 6.07) is 5.61. The molecule has 1 rings (SSSR count). The molecule has 25 heavy (non-hydrogen) atoms. The number of hydrogen-bond acceptors (Lipinski definition) is 4. The number of amides is 2. The third-order valence-corrected chi connectivity index (χ3v) is 6.05. The number of rotatable bonds is 8. The second-order valence-corrected chi connectivity index (χ2v) is 7.89. The Balaban J connectivity index is 2.91. The first-order chi connectivity index (χ1) is 11.6. The molecule has 7 nitrogen and oxygen atoms in total. The van der Waals surface area contributed by atoms with E-state index in [0.29, 0.717) is 13.1 Å². The molecule has 8 heteroatoms. The summed E-state index contributed by atoms with van der Waals surface area (Å²) in [6.07, 6.45) is 0. The van der Waals surface area contributed by atoms with Crippen LogP contribution >= 0.6 is 0 Å². The molecule has 0 aliphatic heterocycles. The van der Waals surface area contributed by atoms with E-state index in [2.05, 4.69) is 5.32 Å². The van der Waals surface area contributed by atoms with Crippen molar-refractivity contribution in [2.24, 2.45) is 0 Å². The van der Waals surface area contributed by atoms with E-state index in [9.17, 15) is 18.0 Å². The smallest absolute Gasteiger partial charge is 0.251 e. The van der Waals surface area contributed by atoms with Crippen LogP contribution in [0.15, 0.2) is 29.2 Å². The lowest BCUT2D eigenvalue weighted by atomic mass is 10.2. The fourth-order valence-electron chi connectivity index (χ4n) is 2.19. The predicted molar refractivity (Wildman–Crippen MR) is 96.8 cm³/mol. The third kappa shape index (κ3) is 5.27. The van der Waals surface area contributed by atoms with Gasteiger partial charge in [-0.15, -0.1) is 0 Å². The first-order valence-corrected chi connectivity index (χ1v) is 9.73. The lowest BCUT2D eigenvalue weighted by Gasteiger charge is -2.21. The van der Waals surface area contributed by atoms with E-state index in [0.717, 1.165) is 0 Å². The lowest BCUT2D eigenvalue weighted by molar-refractivity contribution is -0.129. The number of carbonyl (C=O) groups excluding carboxylic acids is 2. The maximum Gasteiger partial charge on any atom is 0.251 e. The summed E-state index contributed by atoms with van der Waals surface area (Å²) in [6.45, 7) is 8.29. The molecule has 0 aromatic heterocycles. The number of nitrogens with zero attached hydrogens (tertiary/aromatic N) is 2. The van der Waals surface area contributed by atoms with Crippen molar-refractivity contribution in [1.82, 2.24) is 14.5 Å². The Morgan fingerprint density at radius 3 is 2.28 bits per heavy atom. The topological polar surface area (TPSA) is 86.8 Å². The minimum atomic E-state index is -3.67. The van der Waals surface area contributed by atoms with Gasteiger partial charge in [0.25, 0.3) is 5.91 Å². The Morgan fingerprint density at radius 1 is 1.16 bits per heavy atom. The minimum Gasteiger partial charge on any atom is -0.343 e. The van der Waals surface area contributed by atoms with Crippen LogP contribution in [0.1, 0.15) is 38.1 Å². The van der Waals surface area contributed by atoms with Crippen LogP contribution < -0.4 is 5.32 Å². The average molecular weight is 369 g/mol. The fraction of sp³-hybridized carbons (Fsp3) is 0.529. The van der Waals surface area contributed by atoms with E-state index in [-0.39, 0.29) is 29.0 Å². The highest BCUT2D eigenvalue weighted by Gasteiger charge is 2.24. The molecule has 1 N–H and O–H groups in total. The van der Waals surface area contributed by atoms with Gasteiger partial charge in [-0.2, -0.15) is 4.31 Å². The van der Waals surface area contributed by atoms with Gasteiger partial charge in [0.05, 0.1) is 11.4 Å². The molecule has 0 radical (unpaired) electrons. The Hall–Kier alpha value is -1.93. The van der Waals surface area contributed by atoms with E-state index in [1.165, 1.54) is 35.6 Å². The van der Waals surface area contributed by atoms with Gasteiger partial charge in [-0.1, -0.05) is 6.07 Å². The molecule has 0 saturated heterocycles. The van der Waals surface area contributed by atoms with Gasteiger partial charge in [-0.3, -0.25) is 9.59 Å². The first-order valence-electron chi connectivity index (χ1n) is 8.29. The summed E-state index contributed by atoms with van der Waals surface area (Å²) in [5.74, 6) is -0.661. The minimum absolute atomic E-state index is 0.0476. The highest BCUT2D eigenvalue weighted by Crippen LogP contribution is 2.17. The highest BCUT2D eigenvalue weighted by molar-refractivity contribution is 7.89. The van der Waals surface area contributed by atoms with Crippen molar-refractivity contribution in [1.29, 1.82) is 0 Å². The SMILES string of the molecule is CCN(CC)C(=O)CNC(=O)c1cccc(S(=O)(=O)N(C)C(C)C)c1. The maximum atomic E-state index is 12.5. The van der Waals surface area contributed by atoms with Crippen molar-refractivity contribution < 1.29 is 18.0 Å². The molecular weight excluding hydrogens is 342 g/mol. The normalized spacial score (nSPS) is 11.6. The monoisotopic (exact) mass is 369 g/mol. The molecule has 0 atom stereocenters. The quantitative estimate of drug-likeness (QED) is 0.749. The summed E-state index contributed by atoms with van der Waals surface area (Å²) < 4.78 is 26.3. The van der Waals surface area contributed by atoms with Crippen LogP contribution in [-0.4, -0.2) is 62.2 Å². The third-order valence-electron chi connectivity index (χ3n) is 4.02. The van der Waals surface area contributed by atoms with Crippen LogP contribution in [0.4, 0.5) is 0 Å². The van der Waals surface area contributed by atoms with Gasteiger partial charge in [0, 0.05) is 31.7 Å². The van der Waals surface area contributed by atoms with Gasteiger partial charge in [-0.25, -0.2) is 8.42 Å². The zero-order valence-electron chi connectivity index (χ0n) is 15.4. The van der Waals surface area contributed by atoms with E-state index < -0.39 is 15.9 Å². The molecule has 0 unspecified atom stereocenters. The Morgan fingerprint density at radius 2 is 1.76 bits per heavy atom. The number of sulfonamides is 1. The van der Waals surface area contributed by atoms with Crippen molar-refractivity contribution >= 4 is 21.8 Å². The average Bonchev–Trinajstić information content (AvgIpc) is 2.59. The Kier molecular flexibility index (Phi) is 7.57. The lowest BCUT2D eigenvalue weighted by Crippen LogP contribution is -2.40. The summed E-state index contributed by atoms with van der Waals surface area (Å²) in [5, 5.41) is 2.54. The molecule has 0 aliphatic rings. The largest absolute Gasteiger partial charge is 0.343 e. The predicted octanol–water partition coefficient (Wildman–Crippen LogP) is 1.31. The van der Waals surface area contributed by atoms with Crippen molar-refractivity contribution in [3.05, 3.63) is 29.8 Å². The second kappa shape index (κ2) is 8.96. The Labute approximate surface area is 150 Å². The van der Waals surface area contributed by atoms with Crippen molar-refractivity contribution in [2.45, 2.75) is 38.6 Å². The van der Waals surface area contributed by atoms with Crippen molar-refractivity contribution in [3.8, 4) is 0 Å². The number of hydrogen-bond donors (Lipinski definition) is 1. The Bertz CT molecular complexity index is 712. The van der Waals surface area contributed by atoms with E-state index >= 15 is 0 Å². The highest BCUT2D eigenvalue weighted by atomic mass is 32.2. The van der Waals surface area contributed by atoms with Crippen LogP contribution in [0.5, 0.6) is 0 Å². The van der Waals surface area contributed by atoms with Gasteiger partial charge in [0.15, 0.2) is 0 Å². The number of nitrogens with one attached hydrogen (secondary N) is 1. The van der Waals surface area contributed by atoms with Crippen LogP contribution in [0.3, 0.4) is 0 Å². The molecule has 0 fully saturated rings. The van der Waals surface area contributed by atoms with Gasteiger partial charge in [0.1, 0.15) is 0 Å². The molecule has 1 aromatic carbocycles. The molecule has 0 aliphatic carbocycles. The number of benzene rings is 1. The van der Waals surface area contributed by atoms with E-state index in [4.69, 9.17) is 0 Å². The van der Waals surface area contributed by atoms with Crippen LogP contribution in [0.25, 0.3) is 0 Å². The second-order valence-electron chi connectivity index (χ2n) is 5.89. The van der Waals surface area contributed by atoms with Crippen LogP contribution in [0, 0.1) is 0 Å². The zero-order chi connectivity index (χ0) is 19.2. The maximum absolute atomic E-state index is 12.5. The van der Waals surface area contributed by atoms with Crippen molar-refractivity contribution in [2.75, 3.05) is 26.7 Å². The van der Waals surface area contributed by atoms with Gasteiger partial charge in [-0.05, 0) is 45.9 Å². The fourth-order valence-corrected chi connectivity index (χ4v) is 3.60. The van der Waals surface area contributed by atoms with Gasteiger partial charge >= 0.3 is 0 Å². The molecule has 2 amide bonds. The zero-order valence-corrected chi connectivity index (χ0v) is 16.3. The first kappa shape index (κ1) is 21.1. The molecule has 0 heterocycles. The number of carbonyl (C=O) groups is 2. The van der Waals surface area contributed by atoms with E-state index in [1.807, 2.05) is 13.8 Å². The van der Waals surface area contributed by atoms with E-state index in [1.54, 1.807) is 18.7 Å². The molecule has 0 spiro atoms. The molecule has 0 bridgehead atoms.